The van der Waals surface area contributed by atoms with Crippen LogP contribution in [0.2, 0.25) is 0 Å². The zero-order chi connectivity index (χ0) is 14.9. The van der Waals surface area contributed by atoms with Gasteiger partial charge < -0.3 is 4.90 Å². The van der Waals surface area contributed by atoms with Gasteiger partial charge in [-0.15, -0.1) is 0 Å². The molecular weight excluding hydrogens is 265 g/mol. The maximum Gasteiger partial charge on any atom is 0.237 e. The van der Waals surface area contributed by atoms with Crippen molar-refractivity contribution in [3.05, 3.63) is 66.0 Å². The number of carbonyl (C=O) groups excluding carboxylic acids is 1. The van der Waals surface area contributed by atoms with Crippen LogP contribution in [-0.4, -0.2) is 12.5 Å². The highest BCUT2D eigenvalue weighted by Crippen LogP contribution is 2.50. The van der Waals surface area contributed by atoms with E-state index >= 15 is 0 Å². The molecule has 0 saturated heterocycles. The van der Waals surface area contributed by atoms with E-state index in [1.807, 2.05) is 42.2 Å². The molecule has 1 amide bonds. The van der Waals surface area contributed by atoms with Gasteiger partial charge in [0.2, 0.25) is 5.91 Å². The number of amides is 1. The van der Waals surface area contributed by atoms with E-state index in [2.05, 4.69) is 0 Å². The Morgan fingerprint density at radius 3 is 2.24 bits per heavy atom. The molecule has 0 aromatic heterocycles. The van der Waals surface area contributed by atoms with Gasteiger partial charge in [0.15, 0.2) is 0 Å². The first-order chi connectivity index (χ1) is 10.2. The SMILES string of the molecule is CCN(C(=O)C1(c2ccc(F)cc2)CC1)c1ccccc1. The zero-order valence-corrected chi connectivity index (χ0v) is 12.1. The maximum atomic E-state index is 13.1. The average molecular weight is 283 g/mol. The molecule has 2 aromatic rings. The molecule has 3 heteroatoms. The molecule has 1 fully saturated rings. The largest absolute Gasteiger partial charge is 0.312 e. The minimum atomic E-state index is -0.459. The fourth-order valence-electron chi connectivity index (χ4n) is 2.83. The van der Waals surface area contributed by atoms with Crippen LogP contribution in [0.4, 0.5) is 10.1 Å². The lowest BCUT2D eigenvalue weighted by Gasteiger charge is -2.26. The fraction of sp³-hybridized carbons (Fsp3) is 0.278. The highest BCUT2D eigenvalue weighted by atomic mass is 19.1. The van der Waals surface area contributed by atoms with Crippen molar-refractivity contribution in [2.45, 2.75) is 25.2 Å². The van der Waals surface area contributed by atoms with Gasteiger partial charge in [0.25, 0.3) is 0 Å². The number of likely N-dealkylation sites (N-methyl/N-ethyl adjacent to an activating group) is 1. The average Bonchev–Trinajstić information content (AvgIpc) is 3.31. The topological polar surface area (TPSA) is 20.3 Å². The highest BCUT2D eigenvalue weighted by Gasteiger charge is 2.53. The van der Waals surface area contributed by atoms with E-state index < -0.39 is 5.41 Å². The van der Waals surface area contributed by atoms with Crippen LogP contribution in [-0.2, 0) is 10.2 Å². The van der Waals surface area contributed by atoms with E-state index in [-0.39, 0.29) is 11.7 Å². The van der Waals surface area contributed by atoms with Crippen molar-refractivity contribution in [1.82, 2.24) is 0 Å². The van der Waals surface area contributed by atoms with Crippen LogP contribution in [0.5, 0.6) is 0 Å². The summed E-state index contributed by atoms with van der Waals surface area (Å²) in [5.74, 6) is -0.153. The molecular formula is C18H18FNO. The molecule has 0 N–H and O–H groups in total. The second kappa shape index (κ2) is 5.32. The maximum absolute atomic E-state index is 13.1. The van der Waals surface area contributed by atoms with Gasteiger partial charge in [-0.2, -0.15) is 0 Å². The summed E-state index contributed by atoms with van der Waals surface area (Å²) in [5.41, 5.74) is 1.38. The van der Waals surface area contributed by atoms with Crippen molar-refractivity contribution in [3.63, 3.8) is 0 Å². The van der Waals surface area contributed by atoms with Crippen molar-refractivity contribution in [1.29, 1.82) is 0 Å². The lowest BCUT2D eigenvalue weighted by Crippen LogP contribution is -2.39. The second-order valence-electron chi connectivity index (χ2n) is 5.47. The number of hydrogen-bond acceptors (Lipinski definition) is 1. The summed E-state index contributed by atoms with van der Waals surface area (Å²) in [4.78, 5) is 14.8. The zero-order valence-electron chi connectivity index (χ0n) is 12.1. The van der Waals surface area contributed by atoms with Crippen molar-refractivity contribution in [2.75, 3.05) is 11.4 Å². The molecule has 0 unspecified atom stereocenters. The molecule has 108 valence electrons. The number of carbonyl (C=O) groups is 1. The van der Waals surface area contributed by atoms with Crippen molar-refractivity contribution < 1.29 is 9.18 Å². The highest BCUT2D eigenvalue weighted by molar-refractivity contribution is 6.03. The summed E-state index contributed by atoms with van der Waals surface area (Å²) in [6, 6.07) is 16.0. The number of hydrogen-bond donors (Lipinski definition) is 0. The summed E-state index contributed by atoms with van der Waals surface area (Å²) in [7, 11) is 0. The number of para-hydroxylation sites is 1. The summed E-state index contributed by atoms with van der Waals surface area (Å²) in [5, 5.41) is 0. The number of anilines is 1. The number of nitrogens with zero attached hydrogens (tertiary/aromatic N) is 1. The summed E-state index contributed by atoms with van der Waals surface area (Å²) >= 11 is 0. The molecule has 0 spiro atoms. The lowest BCUT2D eigenvalue weighted by molar-refractivity contribution is -0.121. The van der Waals surface area contributed by atoms with Crippen molar-refractivity contribution >= 4 is 11.6 Å². The Kier molecular flexibility index (Phi) is 3.50. The summed E-state index contributed by atoms with van der Waals surface area (Å²) in [6.45, 7) is 2.61. The molecule has 0 radical (unpaired) electrons. The van der Waals surface area contributed by atoms with Crippen LogP contribution in [0.15, 0.2) is 54.6 Å². The van der Waals surface area contributed by atoms with Gasteiger partial charge in [-0.25, -0.2) is 4.39 Å². The van der Waals surface area contributed by atoms with E-state index in [1.165, 1.54) is 12.1 Å². The molecule has 21 heavy (non-hydrogen) atoms. The van der Waals surface area contributed by atoms with Gasteiger partial charge in [-0.3, -0.25) is 4.79 Å². The molecule has 0 aliphatic heterocycles. The van der Waals surface area contributed by atoms with E-state index in [4.69, 9.17) is 0 Å². The smallest absolute Gasteiger partial charge is 0.237 e. The monoisotopic (exact) mass is 283 g/mol. The quantitative estimate of drug-likeness (QED) is 0.833. The van der Waals surface area contributed by atoms with Crippen LogP contribution in [0.25, 0.3) is 0 Å². The van der Waals surface area contributed by atoms with E-state index in [9.17, 15) is 9.18 Å². The van der Waals surface area contributed by atoms with Crippen molar-refractivity contribution in [2.24, 2.45) is 0 Å². The van der Waals surface area contributed by atoms with E-state index in [1.54, 1.807) is 12.1 Å². The molecule has 0 heterocycles. The molecule has 3 rings (SSSR count). The van der Waals surface area contributed by atoms with E-state index in [0.29, 0.717) is 6.54 Å². The van der Waals surface area contributed by atoms with Gasteiger partial charge in [-0.05, 0) is 49.6 Å². The normalized spacial score (nSPS) is 15.5. The van der Waals surface area contributed by atoms with Gasteiger partial charge >= 0.3 is 0 Å². The third kappa shape index (κ3) is 2.44. The Labute approximate surface area is 124 Å². The number of rotatable bonds is 4. The number of halogens is 1. The van der Waals surface area contributed by atoms with Crippen LogP contribution in [0, 0.1) is 5.82 Å². The first-order valence-electron chi connectivity index (χ1n) is 7.30. The summed E-state index contributed by atoms with van der Waals surface area (Å²) < 4.78 is 13.1. The summed E-state index contributed by atoms with van der Waals surface area (Å²) in [6.07, 6.45) is 1.67. The molecule has 2 nitrogen and oxygen atoms in total. The first kappa shape index (κ1) is 13.8. The van der Waals surface area contributed by atoms with E-state index in [0.717, 1.165) is 24.1 Å². The number of benzene rings is 2. The molecule has 0 atom stereocenters. The minimum Gasteiger partial charge on any atom is -0.312 e. The molecule has 2 aromatic carbocycles. The molecule has 1 saturated carbocycles. The first-order valence-corrected chi connectivity index (χ1v) is 7.30. The standard InChI is InChI=1S/C18H18FNO/c1-2-20(16-6-4-3-5-7-16)17(21)18(12-13-18)14-8-10-15(19)11-9-14/h3-11H,2,12-13H2,1H3. The fourth-order valence-corrected chi connectivity index (χ4v) is 2.83. The van der Waals surface area contributed by atoms with Gasteiger partial charge in [0.05, 0.1) is 5.41 Å². The minimum absolute atomic E-state index is 0.114. The van der Waals surface area contributed by atoms with Crippen molar-refractivity contribution in [3.8, 4) is 0 Å². The Hall–Kier alpha value is -2.16. The van der Waals surface area contributed by atoms with Crippen LogP contribution in [0.3, 0.4) is 0 Å². The van der Waals surface area contributed by atoms with Gasteiger partial charge in [-0.1, -0.05) is 30.3 Å². The third-order valence-corrected chi connectivity index (χ3v) is 4.19. The Morgan fingerprint density at radius 2 is 1.71 bits per heavy atom. The van der Waals surface area contributed by atoms with Gasteiger partial charge in [0.1, 0.15) is 5.82 Å². The van der Waals surface area contributed by atoms with Crippen LogP contribution in [0.1, 0.15) is 25.3 Å². The predicted molar refractivity (Wildman–Crippen MR) is 81.8 cm³/mol. The molecule has 0 bridgehead atoms. The predicted octanol–water partition coefficient (Wildman–Crippen LogP) is 3.91. The second-order valence-corrected chi connectivity index (χ2v) is 5.47. The molecule has 1 aliphatic rings. The molecule has 1 aliphatic carbocycles. The van der Waals surface area contributed by atoms with Crippen LogP contribution < -0.4 is 4.90 Å². The van der Waals surface area contributed by atoms with Gasteiger partial charge in [0, 0.05) is 12.2 Å². The lowest BCUT2D eigenvalue weighted by atomic mass is 9.94. The Balaban J connectivity index is 1.91. The van der Waals surface area contributed by atoms with Crippen LogP contribution >= 0.6 is 0 Å². The Morgan fingerprint density at radius 1 is 1.10 bits per heavy atom. The Bertz CT molecular complexity index is 632. The third-order valence-electron chi connectivity index (χ3n) is 4.19.